The van der Waals surface area contributed by atoms with E-state index in [1.54, 1.807) is 12.1 Å². The third-order valence-corrected chi connectivity index (χ3v) is 4.97. The normalized spacial score (nSPS) is 13.9. The van der Waals surface area contributed by atoms with Crippen LogP contribution < -0.4 is 0 Å². The Morgan fingerprint density at radius 1 is 1.16 bits per heavy atom. The molecule has 1 heterocycles. The van der Waals surface area contributed by atoms with Gasteiger partial charge in [0.05, 0.1) is 5.56 Å². The van der Waals surface area contributed by atoms with Crippen molar-refractivity contribution in [1.82, 2.24) is 4.57 Å². The van der Waals surface area contributed by atoms with Crippen LogP contribution in [0.2, 0.25) is 0 Å². The van der Waals surface area contributed by atoms with Crippen LogP contribution in [0.25, 0.3) is 10.9 Å². The van der Waals surface area contributed by atoms with Gasteiger partial charge in [0.1, 0.15) is 5.78 Å². The third-order valence-electron chi connectivity index (χ3n) is 4.97. The molecular weight excluding hydrogens is 314 g/mol. The molecule has 1 aliphatic carbocycles. The van der Waals surface area contributed by atoms with Crippen LogP contribution in [0.15, 0.2) is 42.5 Å². The second kappa shape index (κ2) is 5.88. The summed E-state index contributed by atoms with van der Waals surface area (Å²) in [4.78, 5) is 23.3. The summed E-state index contributed by atoms with van der Waals surface area (Å²) in [7, 11) is 0. The maximum atomic E-state index is 12.0. The maximum Gasteiger partial charge on any atom is 0.335 e. The molecule has 0 amide bonds. The Balaban J connectivity index is 1.91. The fourth-order valence-electron chi connectivity index (χ4n) is 3.81. The van der Waals surface area contributed by atoms with Gasteiger partial charge in [-0.1, -0.05) is 29.8 Å². The fraction of sp³-hybridized carbons (Fsp3) is 0.238. The zero-order valence-corrected chi connectivity index (χ0v) is 14.1. The first-order chi connectivity index (χ1) is 12.0. The van der Waals surface area contributed by atoms with Gasteiger partial charge >= 0.3 is 5.97 Å². The standard InChI is InChI=1S/C21H19NO3/c1-13-3-2-4-14(9-13)12-22-19-7-5-15(21(24)25)10-17(19)18-11-16(23)6-8-20(18)22/h2-5,7,9-10H,6,8,11-12H2,1H3,(H,24,25). The van der Waals surface area contributed by atoms with Crippen LogP contribution in [0.5, 0.6) is 0 Å². The van der Waals surface area contributed by atoms with Gasteiger partial charge in [0.25, 0.3) is 0 Å². The van der Waals surface area contributed by atoms with E-state index < -0.39 is 5.97 Å². The first-order valence-corrected chi connectivity index (χ1v) is 8.47. The SMILES string of the molecule is Cc1cccc(Cn2c3c(c4cc(C(=O)O)ccc42)CC(=O)CC3)c1. The third kappa shape index (κ3) is 2.74. The Labute approximate surface area is 145 Å². The molecule has 0 bridgehead atoms. The molecule has 0 unspecified atom stereocenters. The van der Waals surface area contributed by atoms with Crippen molar-refractivity contribution in [2.45, 2.75) is 32.7 Å². The number of fused-ring (bicyclic) bond motifs is 3. The van der Waals surface area contributed by atoms with Crippen molar-refractivity contribution in [2.75, 3.05) is 0 Å². The lowest BCUT2D eigenvalue weighted by Crippen LogP contribution is -2.15. The average molecular weight is 333 g/mol. The molecule has 126 valence electrons. The highest BCUT2D eigenvalue weighted by Gasteiger charge is 2.24. The lowest BCUT2D eigenvalue weighted by molar-refractivity contribution is -0.118. The molecule has 0 saturated carbocycles. The number of aryl methyl sites for hydroxylation is 1. The highest BCUT2D eigenvalue weighted by molar-refractivity contribution is 5.98. The van der Waals surface area contributed by atoms with Gasteiger partial charge in [-0.2, -0.15) is 0 Å². The number of ketones is 1. The van der Waals surface area contributed by atoms with Gasteiger partial charge in [0, 0.05) is 36.0 Å². The lowest BCUT2D eigenvalue weighted by atomic mass is 9.94. The van der Waals surface area contributed by atoms with E-state index in [1.807, 2.05) is 6.07 Å². The van der Waals surface area contributed by atoms with Crippen molar-refractivity contribution >= 4 is 22.7 Å². The van der Waals surface area contributed by atoms with Gasteiger partial charge in [-0.25, -0.2) is 4.79 Å². The molecule has 0 fully saturated rings. The number of aromatic nitrogens is 1. The highest BCUT2D eigenvalue weighted by Crippen LogP contribution is 2.32. The number of carboxylic acid groups (broad SMARTS) is 1. The molecular formula is C21H19NO3. The number of aromatic carboxylic acids is 1. The molecule has 1 aromatic heterocycles. The van der Waals surface area contributed by atoms with E-state index in [0.717, 1.165) is 29.4 Å². The minimum absolute atomic E-state index is 0.225. The molecule has 0 saturated heterocycles. The van der Waals surface area contributed by atoms with Gasteiger partial charge in [-0.05, 0) is 42.7 Å². The number of carbonyl (C=O) groups is 2. The molecule has 0 aliphatic heterocycles. The summed E-state index contributed by atoms with van der Waals surface area (Å²) in [5.74, 6) is -0.716. The van der Waals surface area contributed by atoms with E-state index in [1.165, 1.54) is 16.8 Å². The minimum atomic E-state index is -0.941. The first kappa shape index (κ1) is 15.6. The number of hydrogen-bond acceptors (Lipinski definition) is 2. The zero-order chi connectivity index (χ0) is 17.6. The largest absolute Gasteiger partial charge is 0.478 e. The number of Topliss-reactive ketones (excluding diaryl/α,β-unsaturated/α-hetero) is 1. The topological polar surface area (TPSA) is 59.3 Å². The number of carbonyl (C=O) groups excluding carboxylic acids is 1. The zero-order valence-electron chi connectivity index (χ0n) is 14.1. The van der Waals surface area contributed by atoms with Crippen LogP contribution in [0.3, 0.4) is 0 Å². The Morgan fingerprint density at radius 3 is 2.76 bits per heavy atom. The van der Waals surface area contributed by atoms with Crippen LogP contribution >= 0.6 is 0 Å². The maximum absolute atomic E-state index is 12.0. The number of benzene rings is 2. The Kier molecular flexibility index (Phi) is 3.68. The summed E-state index contributed by atoms with van der Waals surface area (Å²) < 4.78 is 2.25. The van der Waals surface area contributed by atoms with Crippen molar-refractivity contribution in [3.63, 3.8) is 0 Å². The number of nitrogens with zero attached hydrogens (tertiary/aromatic N) is 1. The molecule has 2 aromatic carbocycles. The van der Waals surface area contributed by atoms with Crippen LogP contribution in [0.1, 0.15) is 39.2 Å². The van der Waals surface area contributed by atoms with Crippen molar-refractivity contribution in [1.29, 1.82) is 0 Å². The molecule has 0 spiro atoms. The van der Waals surface area contributed by atoms with Crippen LogP contribution in [0.4, 0.5) is 0 Å². The minimum Gasteiger partial charge on any atom is -0.478 e. The molecule has 4 rings (SSSR count). The molecule has 25 heavy (non-hydrogen) atoms. The molecule has 4 nitrogen and oxygen atoms in total. The Morgan fingerprint density at radius 2 is 2.00 bits per heavy atom. The van der Waals surface area contributed by atoms with E-state index in [4.69, 9.17) is 0 Å². The molecule has 3 aromatic rings. The van der Waals surface area contributed by atoms with Crippen LogP contribution in [-0.2, 0) is 24.2 Å². The van der Waals surface area contributed by atoms with Gasteiger partial charge in [-0.15, -0.1) is 0 Å². The van der Waals surface area contributed by atoms with E-state index in [2.05, 4.69) is 35.8 Å². The van der Waals surface area contributed by atoms with Crippen molar-refractivity contribution in [3.05, 3.63) is 70.4 Å². The highest BCUT2D eigenvalue weighted by atomic mass is 16.4. The van der Waals surface area contributed by atoms with E-state index >= 15 is 0 Å². The van der Waals surface area contributed by atoms with Gasteiger partial charge in [-0.3, -0.25) is 4.79 Å². The summed E-state index contributed by atoms with van der Waals surface area (Å²) in [5, 5.41) is 10.2. The summed E-state index contributed by atoms with van der Waals surface area (Å²) in [5.41, 5.74) is 5.86. The van der Waals surface area contributed by atoms with E-state index in [0.29, 0.717) is 12.8 Å². The second-order valence-electron chi connectivity index (χ2n) is 6.75. The van der Waals surface area contributed by atoms with Crippen molar-refractivity contribution in [2.24, 2.45) is 0 Å². The van der Waals surface area contributed by atoms with Crippen LogP contribution in [0, 0.1) is 6.92 Å². The van der Waals surface area contributed by atoms with Crippen LogP contribution in [-0.4, -0.2) is 21.4 Å². The summed E-state index contributed by atoms with van der Waals surface area (Å²) in [6.07, 6.45) is 1.68. The van der Waals surface area contributed by atoms with Crippen molar-refractivity contribution < 1.29 is 14.7 Å². The van der Waals surface area contributed by atoms with Gasteiger partial charge in [0.15, 0.2) is 0 Å². The fourth-order valence-corrected chi connectivity index (χ4v) is 3.81. The monoisotopic (exact) mass is 333 g/mol. The van der Waals surface area contributed by atoms with Gasteiger partial charge in [0.2, 0.25) is 0 Å². The summed E-state index contributed by atoms with van der Waals surface area (Å²) >= 11 is 0. The molecule has 4 heteroatoms. The predicted molar refractivity (Wildman–Crippen MR) is 96.2 cm³/mol. The number of hydrogen-bond donors (Lipinski definition) is 1. The quantitative estimate of drug-likeness (QED) is 0.794. The summed E-state index contributed by atoms with van der Waals surface area (Å²) in [6.45, 7) is 2.80. The smallest absolute Gasteiger partial charge is 0.335 e. The number of carboxylic acids is 1. The van der Waals surface area contributed by atoms with E-state index in [-0.39, 0.29) is 11.3 Å². The Hall–Kier alpha value is -2.88. The lowest BCUT2D eigenvalue weighted by Gasteiger charge is -2.16. The molecule has 0 atom stereocenters. The second-order valence-corrected chi connectivity index (χ2v) is 6.75. The predicted octanol–water partition coefficient (Wildman–Crippen LogP) is 3.75. The van der Waals surface area contributed by atoms with E-state index in [9.17, 15) is 14.7 Å². The molecule has 0 radical (unpaired) electrons. The van der Waals surface area contributed by atoms with Crippen molar-refractivity contribution in [3.8, 4) is 0 Å². The first-order valence-electron chi connectivity index (χ1n) is 8.47. The molecule has 1 aliphatic rings. The van der Waals surface area contributed by atoms with Gasteiger partial charge < -0.3 is 9.67 Å². The molecule has 1 N–H and O–H groups in total. The number of rotatable bonds is 3. The summed E-state index contributed by atoms with van der Waals surface area (Å²) in [6, 6.07) is 13.6. The Bertz CT molecular complexity index is 1010. The average Bonchev–Trinajstić information content (AvgIpc) is 2.88.